The number of anilines is 1. The third kappa shape index (κ3) is 3.13. The Morgan fingerprint density at radius 2 is 1.86 bits per heavy atom. The Balaban J connectivity index is 2.42. The van der Waals surface area contributed by atoms with Gasteiger partial charge in [-0.2, -0.15) is 0 Å². The number of benzene rings is 1. The highest BCUT2D eigenvalue weighted by molar-refractivity contribution is 6.02. The van der Waals surface area contributed by atoms with Gasteiger partial charge < -0.3 is 25.8 Å². The van der Waals surface area contributed by atoms with Gasteiger partial charge in [0.25, 0.3) is 5.56 Å². The highest BCUT2D eigenvalue weighted by atomic mass is 16.3. The molecule has 7 heteroatoms. The number of hydrogen-bond donors (Lipinski definition) is 5. The molecule has 2 aromatic rings. The van der Waals surface area contributed by atoms with Gasteiger partial charge in [0.05, 0.1) is 0 Å². The minimum Gasteiger partial charge on any atom is -0.504 e. The molecule has 0 saturated carbocycles. The number of hydrogen-bond acceptors (Lipinski definition) is 4. The lowest BCUT2D eigenvalue weighted by Crippen LogP contribution is -2.32. The van der Waals surface area contributed by atoms with Crippen molar-refractivity contribution in [2.75, 3.05) is 11.9 Å². The van der Waals surface area contributed by atoms with Crippen molar-refractivity contribution >= 4 is 22.5 Å². The molecule has 0 atom stereocenters. The third-order valence-electron chi connectivity index (χ3n) is 3.37. The number of aryl methyl sites for hydroxylation is 1. The number of rotatable bonds is 4. The number of carbonyl (C=O) groups is 1. The number of aromatic amines is 1. The fourth-order valence-corrected chi connectivity index (χ4v) is 2.18. The number of phenolic OH excluding ortho intramolecular Hbond substituents is 2. The molecule has 0 aliphatic heterocycles. The zero-order chi connectivity index (χ0) is 16.3. The van der Waals surface area contributed by atoms with Gasteiger partial charge in [0.1, 0.15) is 5.69 Å². The number of fused-ring (bicyclic) bond motifs is 1. The topological polar surface area (TPSA) is 114 Å². The number of nitrogens with one attached hydrogen (secondary N) is 3. The number of H-pyrrole nitrogens is 1. The molecule has 7 nitrogen and oxygen atoms in total. The monoisotopic (exact) mass is 305 g/mol. The van der Waals surface area contributed by atoms with Gasteiger partial charge in [-0.15, -0.1) is 0 Å². The van der Waals surface area contributed by atoms with E-state index in [1.54, 1.807) is 6.92 Å². The number of urea groups is 1. The van der Waals surface area contributed by atoms with Gasteiger partial charge in [-0.25, -0.2) is 4.79 Å². The maximum Gasteiger partial charge on any atom is 0.319 e. The molecule has 0 saturated heterocycles. The molecule has 118 valence electrons. The van der Waals surface area contributed by atoms with Gasteiger partial charge in [-0.3, -0.25) is 4.79 Å². The number of amides is 2. The Morgan fingerprint density at radius 3 is 2.50 bits per heavy atom. The van der Waals surface area contributed by atoms with Crippen molar-refractivity contribution in [1.82, 2.24) is 10.3 Å². The minimum atomic E-state index is -0.489. The molecule has 0 radical (unpaired) electrons. The predicted molar refractivity (Wildman–Crippen MR) is 84.6 cm³/mol. The molecule has 0 fully saturated rings. The summed E-state index contributed by atoms with van der Waals surface area (Å²) >= 11 is 0. The van der Waals surface area contributed by atoms with Gasteiger partial charge >= 0.3 is 6.03 Å². The van der Waals surface area contributed by atoms with Crippen LogP contribution in [0.1, 0.15) is 25.5 Å². The molecule has 1 heterocycles. The summed E-state index contributed by atoms with van der Waals surface area (Å²) in [5, 5.41) is 25.3. The van der Waals surface area contributed by atoms with Crippen molar-refractivity contribution in [2.45, 2.75) is 26.7 Å². The van der Waals surface area contributed by atoms with E-state index < -0.39 is 11.6 Å². The van der Waals surface area contributed by atoms with E-state index in [0.29, 0.717) is 23.0 Å². The third-order valence-corrected chi connectivity index (χ3v) is 3.37. The van der Waals surface area contributed by atoms with Crippen molar-refractivity contribution < 1.29 is 15.0 Å². The lowest BCUT2D eigenvalue weighted by atomic mass is 10.1. The number of unbranched alkanes of at least 4 members (excludes halogenated alkanes) is 1. The molecular formula is C15H19N3O4. The molecule has 1 aromatic heterocycles. The van der Waals surface area contributed by atoms with Gasteiger partial charge in [0.15, 0.2) is 11.5 Å². The van der Waals surface area contributed by atoms with Crippen molar-refractivity contribution in [2.24, 2.45) is 0 Å². The van der Waals surface area contributed by atoms with E-state index in [4.69, 9.17) is 0 Å². The van der Waals surface area contributed by atoms with Crippen molar-refractivity contribution in [3.8, 4) is 11.5 Å². The summed E-state index contributed by atoms with van der Waals surface area (Å²) in [5.41, 5.74) is 0.0953. The molecule has 0 unspecified atom stereocenters. The molecule has 0 aliphatic carbocycles. The number of aromatic hydroxyl groups is 2. The SMILES string of the molecule is CCCCNC(=O)Nc1c(=O)[nH]c(C)c2cc(O)c(O)cc12. The van der Waals surface area contributed by atoms with E-state index in [0.717, 1.165) is 12.8 Å². The molecule has 2 rings (SSSR count). The van der Waals surface area contributed by atoms with E-state index in [-0.39, 0.29) is 17.2 Å². The molecule has 2 amide bonds. The standard InChI is InChI=1S/C15H19N3O4/c1-3-4-5-16-15(22)18-13-10-7-12(20)11(19)6-9(10)8(2)17-14(13)21/h6-7,19-20H,3-5H2,1-2H3,(H,17,21)(H2,16,18,22). The number of aromatic nitrogens is 1. The molecule has 0 bridgehead atoms. The molecule has 0 spiro atoms. The van der Waals surface area contributed by atoms with Gasteiger partial charge in [-0.05, 0) is 25.5 Å². The van der Waals surface area contributed by atoms with E-state index in [1.807, 2.05) is 6.92 Å². The van der Waals surface area contributed by atoms with E-state index in [9.17, 15) is 19.8 Å². The summed E-state index contributed by atoms with van der Waals surface area (Å²) in [4.78, 5) is 26.5. The zero-order valence-electron chi connectivity index (χ0n) is 12.5. The average molecular weight is 305 g/mol. The second kappa shape index (κ2) is 6.38. The van der Waals surface area contributed by atoms with Crippen LogP contribution in [0.25, 0.3) is 10.8 Å². The van der Waals surface area contributed by atoms with Crippen molar-refractivity contribution in [3.63, 3.8) is 0 Å². The summed E-state index contributed by atoms with van der Waals surface area (Å²) in [6.07, 6.45) is 1.79. The van der Waals surface area contributed by atoms with Crippen LogP contribution >= 0.6 is 0 Å². The van der Waals surface area contributed by atoms with E-state index in [2.05, 4.69) is 15.6 Å². The normalized spacial score (nSPS) is 10.6. The lowest BCUT2D eigenvalue weighted by Gasteiger charge is -2.11. The highest BCUT2D eigenvalue weighted by Crippen LogP contribution is 2.33. The summed E-state index contributed by atoms with van der Waals surface area (Å²) in [5.74, 6) is -0.645. The van der Waals surface area contributed by atoms with Crippen LogP contribution in [-0.2, 0) is 0 Å². The van der Waals surface area contributed by atoms with Crippen molar-refractivity contribution in [3.05, 3.63) is 28.2 Å². The van der Waals surface area contributed by atoms with Crippen LogP contribution in [0.4, 0.5) is 10.5 Å². The van der Waals surface area contributed by atoms with Crippen LogP contribution in [0.3, 0.4) is 0 Å². The molecule has 0 aliphatic rings. The maximum absolute atomic E-state index is 12.1. The smallest absolute Gasteiger partial charge is 0.319 e. The summed E-state index contributed by atoms with van der Waals surface area (Å²) in [6, 6.07) is 2.11. The van der Waals surface area contributed by atoms with E-state index in [1.165, 1.54) is 12.1 Å². The summed E-state index contributed by atoms with van der Waals surface area (Å²) in [6.45, 7) is 4.19. The van der Waals surface area contributed by atoms with Crippen LogP contribution in [0.5, 0.6) is 11.5 Å². The van der Waals surface area contributed by atoms with Crippen LogP contribution in [0, 0.1) is 6.92 Å². The Hall–Kier alpha value is -2.70. The number of phenols is 2. The molecule has 5 N–H and O–H groups in total. The summed E-state index contributed by atoms with van der Waals surface area (Å²) in [7, 11) is 0. The highest BCUT2D eigenvalue weighted by Gasteiger charge is 2.14. The Kier molecular flexibility index (Phi) is 4.55. The van der Waals surface area contributed by atoms with Crippen LogP contribution in [0.2, 0.25) is 0 Å². The first-order valence-corrected chi connectivity index (χ1v) is 7.07. The first-order chi connectivity index (χ1) is 10.4. The quantitative estimate of drug-likeness (QED) is 0.440. The maximum atomic E-state index is 12.1. The molecular weight excluding hydrogens is 286 g/mol. The molecule has 22 heavy (non-hydrogen) atoms. The number of carbonyl (C=O) groups excluding carboxylic acids is 1. The van der Waals surface area contributed by atoms with Gasteiger partial charge in [-0.1, -0.05) is 13.3 Å². The first kappa shape index (κ1) is 15.7. The van der Waals surface area contributed by atoms with Gasteiger partial charge in [0.2, 0.25) is 0 Å². The largest absolute Gasteiger partial charge is 0.504 e. The Labute approximate surface area is 127 Å². The summed E-state index contributed by atoms with van der Waals surface area (Å²) < 4.78 is 0. The van der Waals surface area contributed by atoms with Crippen LogP contribution in [-0.4, -0.2) is 27.8 Å². The minimum absolute atomic E-state index is 0.0323. The lowest BCUT2D eigenvalue weighted by molar-refractivity contribution is 0.252. The second-order valence-electron chi connectivity index (χ2n) is 5.08. The fraction of sp³-hybridized carbons (Fsp3) is 0.333. The van der Waals surface area contributed by atoms with Crippen LogP contribution < -0.4 is 16.2 Å². The Bertz CT molecular complexity index is 767. The zero-order valence-corrected chi connectivity index (χ0v) is 12.5. The predicted octanol–water partition coefficient (Wildman–Crippen LogP) is 2.17. The average Bonchev–Trinajstić information content (AvgIpc) is 2.46. The van der Waals surface area contributed by atoms with Gasteiger partial charge in [0, 0.05) is 23.0 Å². The second-order valence-corrected chi connectivity index (χ2v) is 5.08. The first-order valence-electron chi connectivity index (χ1n) is 7.07. The fourth-order valence-electron chi connectivity index (χ4n) is 2.18. The molecule has 1 aromatic carbocycles. The van der Waals surface area contributed by atoms with E-state index >= 15 is 0 Å². The number of pyridine rings is 1. The van der Waals surface area contributed by atoms with Crippen molar-refractivity contribution in [1.29, 1.82) is 0 Å². The van der Waals surface area contributed by atoms with Crippen LogP contribution in [0.15, 0.2) is 16.9 Å². The Morgan fingerprint density at radius 1 is 1.23 bits per heavy atom.